The van der Waals surface area contributed by atoms with E-state index >= 15 is 0 Å². The second-order valence-corrected chi connectivity index (χ2v) is 7.25. The number of nitrogens with zero attached hydrogens (tertiary/aromatic N) is 2. The Morgan fingerprint density at radius 2 is 1.50 bits per heavy atom. The van der Waals surface area contributed by atoms with Crippen molar-refractivity contribution >= 4 is 5.91 Å². The van der Waals surface area contributed by atoms with E-state index in [0.29, 0.717) is 26.2 Å². The van der Waals surface area contributed by atoms with E-state index in [1.54, 1.807) is 4.90 Å². The van der Waals surface area contributed by atoms with E-state index in [2.05, 4.69) is 0 Å². The van der Waals surface area contributed by atoms with Crippen molar-refractivity contribution in [3.8, 4) is 11.5 Å². The molecule has 3 aliphatic heterocycles. The Kier molecular flexibility index (Phi) is 4.48. The average Bonchev–Trinajstić information content (AvgIpc) is 2.97. The van der Waals surface area contributed by atoms with Gasteiger partial charge in [-0.3, -0.25) is 9.69 Å². The lowest BCUT2D eigenvalue weighted by atomic mass is 10.2. The molecule has 0 radical (unpaired) electrons. The monoisotopic (exact) mass is 368 g/mol. The van der Waals surface area contributed by atoms with Crippen molar-refractivity contribution in [3.63, 3.8) is 0 Å². The number of halogens is 2. The van der Waals surface area contributed by atoms with Crippen molar-refractivity contribution in [2.24, 2.45) is 0 Å². The fraction of sp³-hybridized carbons (Fsp3) is 0.611. The number of morpholine rings is 1. The maximum atomic E-state index is 13.9. The summed E-state index contributed by atoms with van der Waals surface area (Å²) in [5, 5.41) is 0. The Morgan fingerprint density at radius 3 is 2.00 bits per heavy atom. The highest BCUT2D eigenvalue weighted by atomic mass is 19.1. The zero-order valence-corrected chi connectivity index (χ0v) is 14.8. The minimum Gasteiger partial charge on any atom is -0.478 e. The molecule has 0 saturated carbocycles. The van der Waals surface area contributed by atoms with Crippen LogP contribution < -0.4 is 9.47 Å². The first-order valence-corrected chi connectivity index (χ1v) is 8.87. The fourth-order valence-electron chi connectivity index (χ4n) is 3.88. The summed E-state index contributed by atoms with van der Waals surface area (Å²) in [6, 6.07) is 2.05. The third-order valence-corrected chi connectivity index (χ3v) is 4.98. The summed E-state index contributed by atoms with van der Waals surface area (Å²) >= 11 is 0. The zero-order valence-electron chi connectivity index (χ0n) is 14.8. The third kappa shape index (κ3) is 3.23. The lowest BCUT2D eigenvalue weighted by molar-refractivity contribution is -0.144. The maximum Gasteiger partial charge on any atom is 0.236 e. The van der Waals surface area contributed by atoms with E-state index in [9.17, 15) is 13.6 Å². The standard InChI is InChI=1S/C18H22F2N2O4/c1-10-5-22(6-11(2)24-10)16(23)9-21-7-14-15(8-21)26-18-13(20)4-3-12(19)17(18)25-14/h3-4,10-11,14-15H,5-9H2,1-2H3/t10?,11?,14-,15+. The minimum absolute atomic E-state index is 0.0102. The Hall–Kier alpha value is -1.93. The molecular formula is C18H22F2N2O4. The van der Waals surface area contributed by atoms with Gasteiger partial charge in [0.25, 0.3) is 0 Å². The van der Waals surface area contributed by atoms with Crippen molar-refractivity contribution in [3.05, 3.63) is 23.8 Å². The molecule has 4 atom stereocenters. The highest BCUT2D eigenvalue weighted by Gasteiger charge is 2.43. The normalized spacial score (nSPS) is 31.0. The molecule has 1 aromatic rings. The molecule has 3 aliphatic rings. The second kappa shape index (κ2) is 6.66. The van der Waals surface area contributed by atoms with Crippen LogP contribution in [0.15, 0.2) is 12.1 Å². The molecule has 6 nitrogen and oxygen atoms in total. The molecule has 1 amide bonds. The van der Waals surface area contributed by atoms with Gasteiger partial charge >= 0.3 is 0 Å². The predicted molar refractivity (Wildman–Crippen MR) is 88.2 cm³/mol. The SMILES string of the molecule is CC1CN(C(=O)CN2C[C@@H]3Oc4c(F)ccc(F)c4O[C@@H]3C2)CC(C)O1. The molecule has 26 heavy (non-hydrogen) atoms. The smallest absolute Gasteiger partial charge is 0.236 e. The van der Waals surface area contributed by atoms with Crippen molar-refractivity contribution < 1.29 is 27.8 Å². The van der Waals surface area contributed by atoms with Crippen LogP contribution in [0, 0.1) is 11.6 Å². The largest absolute Gasteiger partial charge is 0.478 e. The number of fused-ring (bicyclic) bond motifs is 2. The van der Waals surface area contributed by atoms with Crippen LogP contribution in [0.3, 0.4) is 0 Å². The third-order valence-electron chi connectivity index (χ3n) is 4.98. The molecule has 0 aliphatic carbocycles. The summed E-state index contributed by atoms with van der Waals surface area (Å²) in [5.74, 6) is -1.65. The lowest BCUT2D eigenvalue weighted by Gasteiger charge is -2.36. The molecule has 2 fully saturated rings. The number of amides is 1. The van der Waals surface area contributed by atoms with Crippen LogP contribution in [-0.2, 0) is 9.53 Å². The van der Waals surface area contributed by atoms with Crippen molar-refractivity contribution in [1.29, 1.82) is 0 Å². The zero-order chi connectivity index (χ0) is 18.4. The van der Waals surface area contributed by atoms with Crippen LogP contribution in [0.2, 0.25) is 0 Å². The fourth-order valence-corrected chi connectivity index (χ4v) is 3.88. The van der Waals surface area contributed by atoms with E-state index in [1.165, 1.54) is 0 Å². The number of likely N-dealkylation sites (tertiary alicyclic amines) is 1. The number of carbonyl (C=O) groups excluding carboxylic acids is 1. The van der Waals surface area contributed by atoms with E-state index in [0.717, 1.165) is 12.1 Å². The van der Waals surface area contributed by atoms with Crippen LogP contribution in [-0.4, -0.2) is 72.8 Å². The van der Waals surface area contributed by atoms with Gasteiger partial charge in [-0.25, -0.2) is 8.78 Å². The summed E-state index contributed by atoms with van der Waals surface area (Å²) in [6.45, 7) is 6.12. The molecule has 8 heteroatoms. The molecule has 1 aromatic carbocycles. The average molecular weight is 368 g/mol. The van der Waals surface area contributed by atoms with E-state index in [1.807, 2.05) is 18.7 Å². The second-order valence-electron chi connectivity index (χ2n) is 7.25. The Labute approximate surface area is 150 Å². The molecule has 0 bridgehead atoms. The molecule has 0 spiro atoms. The molecule has 3 heterocycles. The van der Waals surface area contributed by atoms with Crippen molar-refractivity contribution in [1.82, 2.24) is 9.80 Å². The molecule has 2 saturated heterocycles. The highest BCUT2D eigenvalue weighted by molar-refractivity contribution is 5.78. The first-order valence-electron chi connectivity index (χ1n) is 8.87. The Balaban J connectivity index is 1.40. The molecular weight excluding hydrogens is 346 g/mol. The summed E-state index contributed by atoms with van der Waals surface area (Å²) in [7, 11) is 0. The topological polar surface area (TPSA) is 51.2 Å². The van der Waals surface area contributed by atoms with Crippen LogP contribution in [0.5, 0.6) is 11.5 Å². The maximum absolute atomic E-state index is 13.9. The van der Waals surface area contributed by atoms with Gasteiger partial charge < -0.3 is 19.1 Å². The van der Waals surface area contributed by atoms with Gasteiger partial charge in [0.15, 0.2) is 11.6 Å². The molecule has 0 aromatic heterocycles. The first-order chi connectivity index (χ1) is 12.4. The number of hydrogen-bond donors (Lipinski definition) is 0. The quantitative estimate of drug-likeness (QED) is 0.791. The van der Waals surface area contributed by atoms with E-state index in [4.69, 9.17) is 14.2 Å². The van der Waals surface area contributed by atoms with Crippen LogP contribution in [0.25, 0.3) is 0 Å². The van der Waals surface area contributed by atoms with E-state index in [-0.39, 0.29) is 36.2 Å². The highest BCUT2D eigenvalue weighted by Crippen LogP contribution is 2.40. The van der Waals surface area contributed by atoms with Gasteiger partial charge in [-0.05, 0) is 26.0 Å². The van der Waals surface area contributed by atoms with E-state index < -0.39 is 23.8 Å². The summed E-state index contributed by atoms with van der Waals surface area (Å²) in [4.78, 5) is 16.3. The Morgan fingerprint density at radius 1 is 1.00 bits per heavy atom. The van der Waals surface area contributed by atoms with Gasteiger partial charge in [0.2, 0.25) is 17.4 Å². The molecule has 4 rings (SSSR count). The van der Waals surface area contributed by atoms with Gasteiger partial charge in [-0.1, -0.05) is 0 Å². The number of rotatable bonds is 2. The number of ether oxygens (including phenoxy) is 3. The number of carbonyl (C=O) groups is 1. The van der Waals surface area contributed by atoms with Gasteiger partial charge in [-0.15, -0.1) is 0 Å². The predicted octanol–water partition coefficient (Wildman–Crippen LogP) is 1.42. The molecule has 2 unspecified atom stereocenters. The van der Waals surface area contributed by atoms with Crippen molar-refractivity contribution in [2.45, 2.75) is 38.3 Å². The van der Waals surface area contributed by atoms with Crippen LogP contribution in [0.1, 0.15) is 13.8 Å². The molecule has 0 N–H and O–H groups in total. The van der Waals surface area contributed by atoms with Crippen molar-refractivity contribution in [2.75, 3.05) is 32.7 Å². The number of hydrogen-bond acceptors (Lipinski definition) is 5. The lowest BCUT2D eigenvalue weighted by Crippen LogP contribution is -2.51. The van der Waals surface area contributed by atoms with Gasteiger partial charge in [0, 0.05) is 26.2 Å². The number of benzene rings is 1. The van der Waals surface area contributed by atoms with Crippen LogP contribution >= 0.6 is 0 Å². The summed E-state index contributed by atoms with van der Waals surface area (Å²) in [5.41, 5.74) is 0. The Bertz CT molecular complexity index is 668. The van der Waals surface area contributed by atoms with Crippen LogP contribution in [0.4, 0.5) is 8.78 Å². The first kappa shape index (κ1) is 17.5. The summed E-state index contributed by atoms with van der Waals surface area (Å²) in [6.07, 6.45) is -0.824. The van der Waals surface area contributed by atoms with Gasteiger partial charge in [-0.2, -0.15) is 0 Å². The van der Waals surface area contributed by atoms with Gasteiger partial charge in [0.05, 0.1) is 18.8 Å². The minimum atomic E-state index is -0.648. The van der Waals surface area contributed by atoms with Gasteiger partial charge in [0.1, 0.15) is 12.2 Å². The molecule has 142 valence electrons. The summed E-state index contributed by atoms with van der Waals surface area (Å²) < 4.78 is 44.7.